The minimum Gasteiger partial charge on any atom is -0.472 e. The Kier molecular flexibility index (Phi) is 6.73. The standard InChI is InChI=1S/C27H26F2N4O2/c1-15(2)25-30-11-10-23(32-25)19-7-6-16(3)24(12-19)33-18(5)31-26(17(4)27(33)34)35-14-20-8-9-21(28)13-22(20)29/h6-13,15H,14H2,1-5H3. The Morgan fingerprint density at radius 2 is 1.77 bits per heavy atom. The minimum absolute atomic E-state index is 0.110. The molecule has 4 aromatic rings. The monoisotopic (exact) mass is 476 g/mol. The van der Waals surface area contributed by atoms with E-state index in [2.05, 4.69) is 15.0 Å². The molecule has 0 unspecified atom stereocenters. The predicted octanol–water partition coefficient (Wildman–Crippen LogP) is 5.60. The van der Waals surface area contributed by atoms with Gasteiger partial charge in [-0.3, -0.25) is 9.36 Å². The van der Waals surface area contributed by atoms with Gasteiger partial charge < -0.3 is 4.74 Å². The van der Waals surface area contributed by atoms with Crippen molar-refractivity contribution in [2.75, 3.05) is 0 Å². The zero-order chi connectivity index (χ0) is 25.3. The molecule has 0 aliphatic rings. The van der Waals surface area contributed by atoms with Gasteiger partial charge in [0.2, 0.25) is 5.88 Å². The van der Waals surface area contributed by atoms with Crippen molar-refractivity contribution < 1.29 is 13.5 Å². The van der Waals surface area contributed by atoms with Crippen LogP contribution in [0.15, 0.2) is 53.5 Å². The predicted molar refractivity (Wildman–Crippen MR) is 130 cm³/mol. The van der Waals surface area contributed by atoms with Gasteiger partial charge in [-0.2, -0.15) is 4.98 Å². The van der Waals surface area contributed by atoms with Crippen LogP contribution in [0.4, 0.5) is 8.78 Å². The van der Waals surface area contributed by atoms with E-state index >= 15 is 0 Å². The largest absolute Gasteiger partial charge is 0.472 e. The first-order valence-corrected chi connectivity index (χ1v) is 11.3. The van der Waals surface area contributed by atoms with Crippen molar-refractivity contribution >= 4 is 0 Å². The van der Waals surface area contributed by atoms with E-state index in [1.807, 2.05) is 45.0 Å². The van der Waals surface area contributed by atoms with Crippen LogP contribution < -0.4 is 10.3 Å². The fourth-order valence-electron chi connectivity index (χ4n) is 3.72. The van der Waals surface area contributed by atoms with Gasteiger partial charge in [-0.15, -0.1) is 0 Å². The third-order valence-electron chi connectivity index (χ3n) is 5.75. The third kappa shape index (κ3) is 4.96. The van der Waals surface area contributed by atoms with Crippen molar-refractivity contribution in [1.29, 1.82) is 0 Å². The zero-order valence-corrected chi connectivity index (χ0v) is 20.3. The molecule has 0 aliphatic heterocycles. The fraction of sp³-hybridized carbons (Fsp3) is 0.259. The van der Waals surface area contributed by atoms with Gasteiger partial charge in [0.15, 0.2) is 0 Å². The highest BCUT2D eigenvalue weighted by Crippen LogP contribution is 2.25. The average molecular weight is 477 g/mol. The molecule has 180 valence electrons. The molecule has 0 atom stereocenters. The van der Waals surface area contributed by atoms with Gasteiger partial charge in [-0.25, -0.2) is 18.7 Å². The van der Waals surface area contributed by atoms with Crippen LogP contribution in [0.5, 0.6) is 5.88 Å². The van der Waals surface area contributed by atoms with Crippen molar-refractivity contribution in [3.05, 3.63) is 99.0 Å². The van der Waals surface area contributed by atoms with Crippen LogP contribution in [-0.2, 0) is 6.61 Å². The van der Waals surface area contributed by atoms with Crippen LogP contribution in [0, 0.1) is 32.4 Å². The van der Waals surface area contributed by atoms with Crippen LogP contribution >= 0.6 is 0 Å². The molecule has 0 amide bonds. The van der Waals surface area contributed by atoms with Gasteiger partial charge in [0.25, 0.3) is 5.56 Å². The van der Waals surface area contributed by atoms with Gasteiger partial charge in [-0.1, -0.05) is 26.0 Å². The van der Waals surface area contributed by atoms with Crippen molar-refractivity contribution in [1.82, 2.24) is 19.5 Å². The number of aromatic nitrogens is 4. The molecule has 0 aliphatic carbocycles. The molecule has 0 N–H and O–H groups in total. The summed E-state index contributed by atoms with van der Waals surface area (Å²) in [7, 11) is 0. The molecule has 0 saturated carbocycles. The summed E-state index contributed by atoms with van der Waals surface area (Å²) in [4.78, 5) is 26.8. The van der Waals surface area contributed by atoms with E-state index in [1.54, 1.807) is 20.0 Å². The number of halogens is 2. The smallest absolute Gasteiger partial charge is 0.264 e. The topological polar surface area (TPSA) is 69.9 Å². The van der Waals surface area contributed by atoms with E-state index in [0.29, 0.717) is 11.5 Å². The molecule has 2 aromatic carbocycles. The van der Waals surface area contributed by atoms with Crippen molar-refractivity contribution in [3.63, 3.8) is 0 Å². The van der Waals surface area contributed by atoms with Crippen LogP contribution in [0.1, 0.15) is 48.1 Å². The Morgan fingerprint density at radius 1 is 1.00 bits per heavy atom. The summed E-state index contributed by atoms with van der Waals surface area (Å²) in [5, 5.41) is 0. The number of aryl methyl sites for hydroxylation is 2. The molecule has 0 spiro atoms. The Labute approximate surface area is 202 Å². The van der Waals surface area contributed by atoms with E-state index in [9.17, 15) is 13.6 Å². The minimum atomic E-state index is -0.717. The lowest BCUT2D eigenvalue weighted by Crippen LogP contribution is -2.26. The second kappa shape index (κ2) is 9.74. The lowest BCUT2D eigenvalue weighted by molar-refractivity contribution is 0.283. The molecule has 6 nitrogen and oxygen atoms in total. The van der Waals surface area contributed by atoms with E-state index in [1.165, 1.54) is 10.6 Å². The molecule has 2 aromatic heterocycles. The van der Waals surface area contributed by atoms with E-state index in [0.717, 1.165) is 34.8 Å². The average Bonchev–Trinajstić information content (AvgIpc) is 2.82. The van der Waals surface area contributed by atoms with Crippen molar-refractivity contribution in [2.24, 2.45) is 0 Å². The second-order valence-corrected chi connectivity index (χ2v) is 8.71. The molecular formula is C27H26F2N4O2. The number of nitrogens with zero attached hydrogens (tertiary/aromatic N) is 4. The SMILES string of the molecule is Cc1ccc(-c2ccnc(C(C)C)n2)cc1-n1c(C)nc(OCc2ccc(F)cc2F)c(C)c1=O. The van der Waals surface area contributed by atoms with Crippen LogP contribution in [-0.4, -0.2) is 19.5 Å². The number of hydrogen-bond acceptors (Lipinski definition) is 5. The molecular weight excluding hydrogens is 450 g/mol. The van der Waals surface area contributed by atoms with Crippen molar-refractivity contribution in [3.8, 4) is 22.8 Å². The number of ether oxygens (including phenoxy) is 1. The van der Waals surface area contributed by atoms with Gasteiger partial charge in [0.05, 0.1) is 16.9 Å². The summed E-state index contributed by atoms with van der Waals surface area (Å²) in [6.45, 7) is 9.13. The first kappa shape index (κ1) is 24.2. The molecule has 2 heterocycles. The summed E-state index contributed by atoms with van der Waals surface area (Å²) < 4.78 is 34.3. The fourth-order valence-corrected chi connectivity index (χ4v) is 3.72. The highest BCUT2D eigenvalue weighted by molar-refractivity contribution is 5.64. The van der Waals surface area contributed by atoms with Crippen LogP contribution in [0.25, 0.3) is 16.9 Å². The maximum Gasteiger partial charge on any atom is 0.264 e. The van der Waals surface area contributed by atoms with E-state index in [-0.39, 0.29) is 35.1 Å². The summed E-state index contributed by atoms with van der Waals surface area (Å²) in [5.74, 6) is 0.0752. The lowest BCUT2D eigenvalue weighted by atomic mass is 10.1. The van der Waals surface area contributed by atoms with E-state index in [4.69, 9.17) is 4.74 Å². The number of benzene rings is 2. The van der Waals surface area contributed by atoms with Gasteiger partial charge >= 0.3 is 0 Å². The molecule has 0 bridgehead atoms. The highest BCUT2D eigenvalue weighted by atomic mass is 19.1. The van der Waals surface area contributed by atoms with E-state index < -0.39 is 11.6 Å². The Morgan fingerprint density at radius 3 is 2.49 bits per heavy atom. The number of hydrogen-bond donors (Lipinski definition) is 0. The maximum absolute atomic E-state index is 14.0. The summed E-state index contributed by atoms with van der Waals surface area (Å²) in [5.41, 5.74) is 3.35. The third-order valence-corrected chi connectivity index (χ3v) is 5.75. The summed E-state index contributed by atoms with van der Waals surface area (Å²) in [6.07, 6.45) is 1.73. The van der Waals surface area contributed by atoms with Gasteiger partial charge in [-0.05, 0) is 50.6 Å². The molecule has 0 radical (unpaired) electrons. The van der Waals surface area contributed by atoms with Gasteiger partial charge in [0.1, 0.15) is 29.9 Å². The van der Waals surface area contributed by atoms with Gasteiger partial charge in [0, 0.05) is 29.3 Å². The Hall–Kier alpha value is -3.94. The normalized spacial score (nSPS) is 11.2. The molecule has 0 saturated heterocycles. The Bertz CT molecular complexity index is 1460. The van der Waals surface area contributed by atoms with Crippen LogP contribution in [0.2, 0.25) is 0 Å². The molecule has 0 fully saturated rings. The number of rotatable bonds is 6. The zero-order valence-electron chi connectivity index (χ0n) is 20.3. The second-order valence-electron chi connectivity index (χ2n) is 8.71. The quantitative estimate of drug-likeness (QED) is 0.363. The highest BCUT2D eigenvalue weighted by Gasteiger charge is 2.17. The molecule has 35 heavy (non-hydrogen) atoms. The summed E-state index contributed by atoms with van der Waals surface area (Å²) >= 11 is 0. The van der Waals surface area contributed by atoms with Crippen LogP contribution in [0.3, 0.4) is 0 Å². The Balaban J connectivity index is 1.71. The molecule has 4 rings (SSSR count). The molecule has 8 heteroatoms. The first-order valence-electron chi connectivity index (χ1n) is 11.3. The maximum atomic E-state index is 14.0. The summed E-state index contributed by atoms with van der Waals surface area (Å²) in [6, 6.07) is 10.9. The lowest BCUT2D eigenvalue weighted by Gasteiger charge is -2.17. The van der Waals surface area contributed by atoms with Crippen molar-refractivity contribution in [2.45, 2.75) is 47.1 Å². The first-order chi connectivity index (χ1) is 16.7.